The number of amides is 3. The predicted molar refractivity (Wildman–Crippen MR) is 273 cm³/mol. The van der Waals surface area contributed by atoms with Gasteiger partial charge in [-0.25, -0.2) is 4.98 Å². The third kappa shape index (κ3) is 13.0. The van der Waals surface area contributed by atoms with Crippen LogP contribution < -0.4 is 10.1 Å². The zero-order valence-corrected chi connectivity index (χ0v) is 42.4. The summed E-state index contributed by atoms with van der Waals surface area (Å²) < 4.78 is 14.1. The number of rotatable bonds is 13. The van der Waals surface area contributed by atoms with Gasteiger partial charge in [-0.3, -0.25) is 24.1 Å². The van der Waals surface area contributed by atoms with Crippen molar-refractivity contribution >= 4 is 59.1 Å². The summed E-state index contributed by atoms with van der Waals surface area (Å²) in [5.41, 5.74) is 3.50. The molecule has 3 saturated heterocycles. The molecule has 2 bridgehead atoms. The Kier molecular flexibility index (Phi) is 17.8. The van der Waals surface area contributed by atoms with Gasteiger partial charge in [-0.1, -0.05) is 71.7 Å². The van der Waals surface area contributed by atoms with Crippen molar-refractivity contribution < 1.29 is 33.8 Å². The van der Waals surface area contributed by atoms with Crippen LogP contribution in [0.1, 0.15) is 68.0 Å². The highest BCUT2D eigenvalue weighted by atomic mass is 35.5. The van der Waals surface area contributed by atoms with E-state index in [2.05, 4.69) is 14.8 Å². The number of aliphatic hydroxyl groups is 1. The normalized spacial score (nSPS) is 22.1. The fourth-order valence-electron chi connectivity index (χ4n) is 10.1. The zero-order chi connectivity index (χ0) is 48.7. The number of fused-ring (bicyclic) bond motifs is 2. The van der Waals surface area contributed by atoms with Crippen molar-refractivity contribution in [2.24, 2.45) is 18.9 Å². The van der Waals surface area contributed by atoms with Crippen molar-refractivity contribution in [3.8, 4) is 22.8 Å². The summed E-state index contributed by atoms with van der Waals surface area (Å²) in [5.74, 6) is -0.979. The number of benzene rings is 4. The summed E-state index contributed by atoms with van der Waals surface area (Å²) >= 11 is 12.9. The molecule has 16 heteroatoms. The molecule has 2 N–H and O–H groups in total. The van der Waals surface area contributed by atoms with E-state index in [1.54, 1.807) is 25.1 Å². The average Bonchev–Trinajstić information content (AvgIpc) is 3.70. The molecule has 3 amide bonds. The molecule has 8 rings (SSSR count). The number of imidazole rings is 1. The van der Waals surface area contributed by atoms with E-state index in [0.29, 0.717) is 65.9 Å². The van der Waals surface area contributed by atoms with Gasteiger partial charge in [0.15, 0.2) is 5.78 Å². The van der Waals surface area contributed by atoms with Crippen LogP contribution in [0.25, 0.3) is 11.3 Å². The first-order chi connectivity index (χ1) is 33.3. The van der Waals surface area contributed by atoms with Crippen LogP contribution in [-0.2, 0) is 56.9 Å². The first-order valence-corrected chi connectivity index (χ1v) is 24.7. The summed E-state index contributed by atoms with van der Waals surface area (Å²) in [4.78, 5) is 69.4. The fourth-order valence-corrected chi connectivity index (χ4v) is 10.3. The molecule has 0 saturated carbocycles. The van der Waals surface area contributed by atoms with Gasteiger partial charge in [-0.05, 0) is 105 Å². The van der Waals surface area contributed by atoms with E-state index in [0.717, 1.165) is 54.1 Å². The van der Waals surface area contributed by atoms with Gasteiger partial charge >= 0.3 is 0 Å². The second kappa shape index (κ2) is 23.8. The summed E-state index contributed by atoms with van der Waals surface area (Å²) in [6, 6.07) is 29.0. The second-order valence-electron chi connectivity index (χ2n) is 19.1. The van der Waals surface area contributed by atoms with Gasteiger partial charge in [0, 0.05) is 74.4 Å². The van der Waals surface area contributed by atoms with Crippen molar-refractivity contribution in [1.82, 2.24) is 29.6 Å². The quantitative estimate of drug-likeness (QED) is 0.119. The Morgan fingerprint density at radius 1 is 0.843 bits per heavy atom. The lowest BCUT2D eigenvalue weighted by Gasteiger charge is -2.45. The van der Waals surface area contributed by atoms with Crippen molar-refractivity contribution in [3.05, 3.63) is 136 Å². The minimum atomic E-state index is -0.990. The third-order valence-electron chi connectivity index (χ3n) is 14.0. The molecule has 4 heterocycles. The highest BCUT2D eigenvalue weighted by molar-refractivity contribution is 6.31. The SMILES string of the molecule is COC[C@@H]1CC(=O)[C@H](C)N(Cc2ccc(Cl)cc2Oc2ccc(-c3cnc(CN4CCC(O)CC4)n3C)cc2)C(=O)C[C@@H](Cc2ccccc2)C(=O)N2CCC[C@@](Cc3ccc(Cl)cc3)(C2)NC1=O.Cl. The van der Waals surface area contributed by atoms with Gasteiger partial charge in [-0.2, -0.15) is 0 Å². The topological polar surface area (TPSA) is 147 Å². The molecule has 70 heavy (non-hydrogen) atoms. The van der Waals surface area contributed by atoms with E-state index >= 15 is 4.79 Å². The number of halogens is 3. The Labute approximate surface area is 426 Å². The van der Waals surface area contributed by atoms with Crippen molar-refractivity contribution in [2.45, 2.75) is 89.1 Å². The Bertz CT molecular complexity index is 2590. The lowest BCUT2D eigenvalue weighted by atomic mass is 9.81. The molecule has 13 nitrogen and oxygen atoms in total. The maximum Gasteiger partial charge on any atom is 0.226 e. The fraction of sp³-hybridized carbons (Fsp3) is 0.426. The van der Waals surface area contributed by atoms with Gasteiger partial charge in [0.25, 0.3) is 0 Å². The molecule has 3 fully saturated rings. The molecule has 0 aliphatic carbocycles. The van der Waals surface area contributed by atoms with Gasteiger partial charge in [0.2, 0.25) is 17.7 Å². The molecule has 4 atom stereocenters. The maximum atomic E-state index is 15.0. The Morgan fingerprint density at radius 3 is 2.27 bits per heavy atom. The molecule has 1 aromatic heterocycles. The van der Waals surface area contributed by atoms with Crippen LogP contribution in [0.5, 0.6) is 11.5 Å². The van der Waals surface area contributed by atoms with Crippen LogP contribution in [0.4, 0.5) is 0 Å². The molecule has 372 valence electrons. The average molecular weight is 1010 g/mol. The third-order valence-corrected chi connectivity index (χ3v) is 14.5. The number of nitrogens with one attached hydrogen (secondary N) is 1. The summed E-state index contributed by atoms with van der Waals surface area (Å²) in [6.07, 6.45) is 4.81. The minimum absolute atomic E-state index is 0. The number of ether oxygens (including phenoxy) is 2. The van der Waals surface area contributed by atoms with Crippen LogP contribution in [0.15, 0.2) is 103 Å². The van der Waals surface area contributed by atoms with Crippen molar-refractivity contribution in [3.63, 3.8) is 0 Å². The largest absolute Gasteiger partial charge is 0.457 e. The van der Waals surface area contributed by atoms with Crippen LogP contribution in [0.3, 0.4) is 0 Å². The van der Waals surface area contributed by atoms with E-state index in [1.807, 2.05) is 97.0 Å². The van der Waals surface area contributed by atoms with Gasteiger partial charge in [0.05, 0.1) is 61.1 Å². The molecular weight excluding hydrogens is 951 g/mol. The number of ketones is 1. The van der Waals surface area contributed by atoms with Crippen LogP contribution in [0.2, 0.25) is 10.0 Å². The maximum absolute atomic E-state index is 15.0. The second-order valence-corrected chi connectivity index (χ2v) is 19.9. The number of Topliss-reactive ketones (excluding diaryl/α,β-unsaturated/α-hetero) is 1. The Balaban J connectivity index is 0.00000722. The lowest BCUT2D eigenvalue weighted by molar-refractivity contribution is -0.147. The monoisotopic (exact) mass is 1010 g/mol. The van der Waals surface area contributed by atoms with Crippen molar-refractivity contribution in [2.75, 3.05) is 39.9 Å². The number of nitrogens with zero attached hydrogens (tertiary/aromatic N) is 5. The van der Waals surface area contributed by atoms with Gasteiger partial charge in [0.1, 0.15) is 17.3 Å². The molecule has 5 aromatic rings. The number of aliphatic hydroxyl groups excluding tert-OH is 1. The van der Waals surface area contributed by atoms with E-state index in [1.165, 1.54) is 12.0 Å². The predicted octanol–water partition coefficient (Wildman–Crippen LogP) is 8.49. The first kappa shape index (κ1) is 52.5. The van der Waals surface area contributed by atoms with E-state index in [4.69, 9.17) is 37.7 Å². The Hall–Kier alpha value is -5.28. The van der Waals surface area contributed by atoms with E-state index in [-0.39, 0.29) is 74.6 Å². The summed E-state index contributed by atoms with van der Waals surface area (Å²) in [5, 5.41) is 14.3. The van der Waals surface area contributed by atoms with Gasteiger partial charge < -0.3 is 34.3 Å². The standard InChI is InChI=1S/C54H62Cl2N6O7.ClH/c1-36-48(64)27-42(34-68-3)52(66)58-54(30-38-10-15-43(55)16-11-38)22-7-23-61(35-54)53(67)41(26-37-8-5-4-6-9-37)28-51(65)62(36)32-40-12-17-44(56)29-49(40)69-46-18-13-39(14-19-46)47-31-57-50(59(47)2)33-60-24-20-45(63)21-25-60;/h4-6,8-19,29,31,36,41-42,45,63H,7,20-28,30,32-35H2,1-3H3,(H,58,66);1H/t36-,41+,42-,54+;/m0./s1. The Morgan fingerprint density at radius 2 is 1.56 bits per heavy atom. The van der Waals surface area contributed by atoms with E-state index < -0.39 is 23.4 Å². The highest BCUT2D eigenvalue weighted by Gasteiger charge is 2.43. The molecule has 0 spiro atoms. The number of piperidine rings is 2. The molecular formula is C54H63Cl3N6O7. The first-order valence-electron chi connectivity index (χ1n) is 23.9. The number of methoxy groups -OCH3 is 1. The van der Waals surface area contributed by atoms with E-state index in [9.17, 15) is 19.5 Å². The minimum Gasteiger partial charge on any atom is -0.457 e. The lowest BCUT2D eigenvalue weighted by Crippen LogP contribution is -2.63. The number of aromatic nitrogens is 2. The number of carbonyl (C=O) groups is 4. The number of likely N-dealkylation sites (tertiary alicyclic amines) is 1. The van der Waals surface area contributed by atoms with Crippen LogP contribution in [-0.4, -0.2) is 110 Å². The molecule has 0 unspecified atom stereocenters. The number of hydrogen-bond donors (Lipinski definition) is 2. The summed E-state index contributed by atoms with van der Waals surface area (Å²) in [6.45, 7) is 4.68. The molecule has 4 aromatic carbocycles. The smallest absolute Gasteiger partial charge is 0.226 e. The number of carbonyl (C=O) groups excluding carboxylic acids is 4. The van der Waals surface area contributed by atoms with Crippen LogP contribution >= 0.6 is 35.6 Å². The van der Waals surface area contributed by atoms with Crippen LogP contribution in [0, 0.1) is 11.8 Å². The van der Waals surface area contributed by atoms with Gasteiger partial charge in [-0.15, -0.1) is 12.4 Å². The highest BCUT2D eigenvalue weighted by Crippen LogP contribution is 2.34. The zero-order valence-electron chi connectivity index (χ0n) is 40.0. The molecule has 3 aliphatic heterocycles. The molecule has 3 aliphatic rings. The summed E-state index contributed by atoms with van der Waals surface area (Å²) in [7, 11) is 3.50. The molecule has 0 radical (unpaired) electrons. The van der Waals surface area contributed by atoms with Crippen molar-refractivity contribution in [1.29, 1.82) is 0 Å². The number of hydrogen-bond acceptors (Lipinski definition) is 9.